The van der Waals surface area contributed by atoms with Gasteiger partial charge in [0.05, 0.1) is 28.1 Å². The number of carbonyl (C=O) groups excluding carboxylic acids is 3. The maximum absolute atomic E-state index is 13.1. The molecular formula is C25H27Cl2N3O6S. The molecule has 1 aliphatic rings. The Hall–Kier alpha value is -2.95. The number of nitrogens with zero attached hydrogens (tertiary/aromatic N) is 1. The van der Waals surface area contributed by atoms with Gasteiger partial charge >= 0.3 is 12.1 Å². The van der Waals surface area contributed by atoms with Crippen molar-refractivity contribution in [1.29, 1.82) is 0 Å². The number of hydrogen-bond acceptors (Lipinski definition) is 6. The smallest absolute Gasteiger partial charge is 0.411 e. The fourth-order valence-corrected chi connectivity index (χ4v) is 5.59. The van der Waals surface area contributed by atoms with Crippen LogP contribution in [0.5, 0.6) is 0 Å². The molecule has 3 N–H and O–H groups in total. The van der Waals surface area contributed by atoms with Crippen molar-refractivity contribution in [3.8, 4) is 0 Å². The lowest BCUT2D eigenvalue weighted by atomic mass is 9.99. The number of anilines is 1. The molecule has 1 heterocycles. The van der Waals surface area contributed by atoms with E-state index in [4.69, 9.17) is 27.9 Å². The van der Waals surface area contributed by atoms with Gasteiger partial charge in [-0.2, -0.15) is 0 Å². The Bertz CT molecular complexity index is 1170. The summed E-state index contributed by atoms with van der Waals surface area (Å²) in [4.78, 5) is 51.3. The van der Waals surface area contributed by atoms with Crippen molar-refractivity contribution < 1.29 is 29.0 Å². The number of thioether (sulfide) groups is 1. The molecule has 0 bridgehead atoms. The number of rotatable bonds is 8. The maximum atomic E-state index is 13.1. The van der Waals surface area contributed by atoms with E-state index < -0.39 is 40.7 Å². The first-order chi connectivity index (χ1) is 17.4. The first kappa shape index (κ1) is 28.6. The lowest BCUT2D eigenvalue weighted by Crippen LogP contribution is -2.56. The first-order valence-electron chi connectivity index (χ1n) is 11.4. The Labute approximate surface area is 228 Å². The predicted molar refractivity (Wildman–Crippen MR) is 143 cm³/mol. The second-order valence-electron chi connectivity index (χ2n) is 8.80. The summed E-state index contributed by atoms with van der Waals surface area (Å²) in [5.41, 5.74) is 1.22. The number of carbonyl (C=O) groups is 4. The van der Waals surface area contributed by atoms with Gasteiger partial charge in [0.15, 0.2) is 0 Å². The quantitative estimate of drug-likeness (QED) is 0.423. The normalized spacial score (nSPS) is 17.1. The van der Waals surface area contributed by atoms with Crippen LogP contribution in [0.2, 0.25) is 10.0 Å². The molecule has 3 amide bonds. The number of ether oxygens (including phenoxy) is 1. The molecule has 12 heteroatoms. The number of amides is 3. The minimum atomic E-state index is -1.24. The molecule has 0 radical (unpaired) electrons. The molecule has 2 atom stereocenters. The van der Waals surface area contributed by atoms with Crippen molar-refractivity contribution in [2.45, 2.75) is 44.0 Å². The molecule has 2 aromatic carbocycles. The summed E-state index contributed by atoms with van der Waals surface area (Å²) in [6.07, 6.45) is -0.631. The second kappa shape index (κ2) is 12.1. The Morgan fingerprint density at radius 1 is 1.14 bits per heavy atom. The largest absolute Gasteiger partial charge is 0.480 e. The third-order valence-electron chi connectivity index (χ3n) is 5.75. The zero-order valence-corrected chi connectivity index (χ0v) is 22.7. The van der Waals surface area contributed by atoms with Crippen LogP contribution in [0.15, 0.2) is 42.5 Å². The fourth-order valence-electron chi connectivity index (χ4n) is 3.91. The van der Waals surface area contributed by atoms with Gasteiger partial charge in [-0.1, -0.05) is 41.4 Å². The number of hydrogen-bond donors (Lipinski definition) is 3. The molecule has 2 aromatic rings. The first-order valence-corrected chi connectivity index (χ1v) is 13.1. The van der Waals surface area contributed by atoms with E-state index in [1.54, 1.807) is 49.4 Å². The molecule has 0 spiro atoms. The minimum Gasteiger partial charge on any atom is -0.480 e. The van der Waals surface area contributed by atoms with Gasteiger partial charge in [0.1, 0.15) is 12.1 Å². The van der Waals surface area contributed by atoms with E-state index in [9.17, 15) is 24.3 Å². The molecule has 1 unspecified atom stereocenters. The van der Waals surface area contributed by atoms with E-state index in [2.05, 4.69) is 10.6 Å². The number of nitrogens with one attached hydrogen (secondary N) is 2. The minimum absolute atomic E-state index is 0.00859. The zero-order chi connectivity index (χ0) is 27.3. The lowest BCUT2D eigenvalue weighted by molar-refractivity contribution is -0.142. The number of benzene rings is 2. The van der Waals surface area contributed by atoms with Crippen LogP contribution in [0.1, 0.15) is 36.7 Å². The predicted octanol–water partition coefficient (Wildman–Crippen LogP) is 4.67. The molecular weight excluding hydrogens is 541 g/mol. The number of carboxylic acid groups (broad SMARTS) is 1. The van der Waals surface area contributed by atoms with Crippen molar-refractivity contribution in [3.05, 3.63) is 63.6 Å². The summed E-state index contributed by atoms with van der Waals surface area (Å²) in [5.74, 6) is -2.02. The van der Waals surface area contributed by atoms with Gasteiger partial charge in [0.2, 0.25) is 5.91 Å². The molecule has 1 fully saturated rings. The fraction of sp³-hybridized carbons (Fsp3) is 0.360. The molecule has 1 aliphatic heterocycles. The third kappa shape index (κ3) is 6.88. The number of halogens is 2. The van der Waals surface area contributed by atoms with Crippen LogP contribution < -0.4 is 10.6 Å². The van der Waals surface area contributed by atoms with Crippen LogP contribution in [0.25, 0.3) is 0 Å². The van der Waals surface area contributed by atoms with Crippen LogP contribution in [0, 0.1) is 0 Å². The second-order valence-corrected chi connectivity index (χ2v) is 11.2. The van der Waals surface area contributed by atoms with Gasteiger partial charge in [-0.25, -0.2) is 9.59 Å². The van der Waals surface area contributed by atoms with E-state index in [-0.39, 0.29) is 34.5 Å². The highest BCUT2D eigenvalue weighted by Gasteiger charge is 2.49. The van der Waals surface area contributed by atoms with Crippen LogP contribution in [0.4, 0.5) is 10.5 Å². The van der Waals surface area contributed by atoms with Gasteiger partial charge in [0, 0.05) is 16.9 Å². The highest BCUT2D eigenvalue weighted by atomic mass is 35.5. The average Bonchev–Trinajstić information content (AvgIpc) is 3.15. The summed E-state index contributed by atoms with van der Waals surface area (Å²) < 4.78 is 4.43. The monoisotopic (exact) mass is 567 g/mol. The Kier molecular flexibility index (Phi) is 9.33. The van der Waals surface area contributed by atoms with Crippen LogP contribution in [-0.2, 0) is 20.7 Å². The van der Waals surface area contributed by atoms with Crippen molar-refractivity contribution in [2.75, 3.05) is 17.8 Å². The van der Waals surface area contributed by atoms with Gasteiger partial charge in [0.25, 0.3) is 5.91 Å². The summed E-state index contributed by atoms with van der Waals surface area (Å²) in [5, 5.41) is 15.5. The SMILES string of the molecule is CCOC(=O)N1CSC(C)(C)C1C(=O)N[C@@H](Cc1ccc(NC(=O)c2c(Cl)cccc2Cl)cc1)C(=O)O. The molecule has 0 aliphatic carbocycles. The van der Waals surface area contributed by atoms with E-state index in [1.165, 1.54) is 16.7 Å². The van der Waals surface area contributed by atoms with Gasteiger partial charge in [-0.15, -0.1) is 11.8 Å². The summed E-state index contributed by atoms with van der Waals surface area (Å²) in [7, 11) is 0. The third-order valence-corrected chi connectivity index (χ3v) is 7.76. The number of aliphatic carboxylic acids is 1. The molecule has 1 saturated heterocycles. The molecule has 3 rings (SSSR count). The molecule has 37 heavy (non-hydrogen) atoms. The summed E-state index contributed by atoms with van der Waals surface area (Å²) in [6, 6.07) is 9.13. The topological polar surface area (TPSA) is 125 Å². The summed E-state index contributed by atoms with van der Waals surface area (Å²) >= 11 is 13.6. The van der Waals surface area contributed by atoms with Gasteiger partial charge in [-0.05, 0) is 50.6 Å². The van der Waals surface area contributed by atoms with E-state index >= 15 is 0 Å². The van der Waals surface area contributed by atoms with Crippen molar-refractivity contribution in [3.63, 3.8) is 0 Å². The van der Waals surface area contributed by atoms with Crippen molar-refractivity contribution >= 4 is 64.5 Å². The Balaban J connectivity index is 1.69. The van der Waals surface area contributed by atoms with Crippen LogP contribution in [-0.4, -0.2) is 63.2 Å². The van der Waals surface area contributed by atoms with Gasteiger partial charge < -0.3 is 20.5 Å². The standard InChI is InChI=1S/C25H27Cl2N3O6S/c1-4-36-24(35)30-13-37-25(2,3)20(30)22(32)29-18(23(33)34)12-14-8-10-15(11-9-14)28-21(31)19-16(26)6-5-7-17(19)27/h5-11,18,20H,4,12-13H2,1-3H3,(H,28,31)(H,29,32)(H,33,34)/t18-,20?/m0/s1. The zero-order valence-electron chi connectivity index (χ0n) is 20.4. The average molecular weight is 568 g/mol. The maximum Gasteiger partial charge on any atom is 0.411 e. The Morgan fingerprint density at radius 3 is 2.32 bits per heavy atom. The molecule has 9 nitrogen and oxygen atoms in total. The van der Waals surface area contributed by atoms with Crippen LogP contribution >= 0.6 is 35.0 Å². The van der Waals surface area contributed by atoms with Crippen molar-refractivity contribution in [2.24, 2.45) is 0 Å². The lowest BCUT2D eigenvalue weighted by Gasteiger charge is -2.30. The highest BCUT2D eigenvalue weighted by molar-refractivity contribution is 8.00. The van der Waals surface area contributed by atoms with Crippen molar-refractivity contribution in [1.82, 2.24) is 10.2 Å². The van der Waals surface area contributed by atoms with E-state index in [0.717, 1.165) is 0 Å². The van der Waals surface area contributed by atoms with E-state index in [0.29, 0.717) is 11.3 Å². The molecule has 0 aromatic heterocycles. The number of carboxylic acids is 1. The molecule has 198 valence electrons. The van der Waals surface area contributed by atoms with Gasteiger partial charge in [-0.3, -0.25) is 14.5 Å². The Morgan fingerprint density at radius 2 is 1.76 bits per heavy atom. The highest BCUT2D eigenvalue weighted by Crippen LogP contribution is 2.39. The molecule has 0 saturated carbocycles. The van der Waals surface area contributed by atoms with E-state index in [1.807, 2.05) is 13.8 Å². The van der Waals surface area contributed by atoms with Crippen LogP contribution in [0.3, 0.4) is 0 Å². The summed E-state index contributed by atoms with van der Waals surface area (Å²) in [6.45, 7) is 5.47.